The molecule has 2 aliphatic heterocycles. The van der Waals surface area contributed by atoms with Gasteiger partial charge in [0.15, 0.2) is 0 Å². The number of nitrogens with one attached hydrogen (secondary N) is 1. The van der Waals surface area contributed by atoms with Gasteiger partial charge in [-0.15, -0.1) is 0 Å². The summed E-state index contributed by atoms with van der Waals surface area (Å²) in [6.07, 6.45) is 2.66. The molecule has 9 nitrogen and oxygen atoms in total. The molecule has 0 bridgehead atoms. The summed E-state index contributed by atoms with van der Waals surface area (Å²) >= 11 is 0. The Morgan fingerprint density at radius 2 is 2.00 bits per heavy atom. The van der Waals surface area contributed by atoms with Crippen molar-refractivity contribution in [2.45, 2.75) is 18.9 Å². The monoisotopic (exact) mass is 414 g/mol. The number of amides is 2. The summed E-state index contributed by atoms with van der Waals surface area (Å²) in [5, 5.41) is 3.27. The van der Waals surface area contributed by atoms with Gasteiger partial charge in [-0.2, -0.15) is 0 Å². The zero-order chi connectivity index (χ0) is 21.1. The predicted octanol–water partition coefficient (Wildman–Crippen LogP) is 1.28. The van der Waals surface area contributed by atoms with Crippen molar-refractivity contribution in [3.8, 4) is 11.1 Å². The van der Waals surface area contributed by atoms with Gasteiger partial charge >= 0.3 is 6.09 Å². The normalized spacial score (nSPS) is 19.1. The van der Waals surface area contributed by atoms with Gasteiger partial charge in [-0.25, -0.2) is 19.2 Å². The lowest BCUT2D eigenvalue weighted by Gasteiger charge is -2.27. The number of carbonyl (C=O) groups excluding carboxylic acids is 2. The van der Waals surface area contributed by atoms with E-state index in [1.54, 1.807) is 24.5 Å². The van der Waals surface area contributed by atoms with Gasteiger partial charge in [0.05, 0.1) is 12.2 Å². The van der Waals surface area contributed by atoms with E-state index in [1.165, 1.54) is 11.0 Å². The Bertz CT molecular complexity index is 933. The molecule has 1 unspecified atom stereocenters. The summed E-state index contributed by atoms with van der Waals surface area (Å²) in [7, 11) is 0. The second-order valence-electron chi connectivity index (χ2n) is 7.29. The van der Waals surface area contributed by atoms with E-state index in [4.69, 9.17) is 10.5 Å². The van der Waals surface area contributed by atoms with E-state index in [0.29, 0.717) is 29.2 Å². The van der Waals surface area contributed by atoms with Gasteiger partial charge in [0.1, 0.15) is 11.9 Å². The highest BCUT2D eigenvalue weighted by atomic mass is 19.1. The van der Waals surface area contributed by atoms with Gasteiger partial charge in [0.25, 0.3) is 0 Å². The number of aromatic nitrogens is 2. The Hall–Kier alpha value is -3.27. The third kappa shape index (κ3) is 4.33. The van der Waals surface area contributed by atoms with Crippen molar-refractivity contribution in [3.05, 3.63) is 36.4 Å². The maximum Gasteiger partial charge on any atom is 0.414 e. The Morgan fingerprint density at radius 3 is 2.67 bits per heavy atom. The molecule has 30 heavy (non-hydrogen) atoms. The van der Waals surface area contributed by atoms with Crippen LogP contribution in [-0.2, 0) is 9.53 Å². The number of hydrogen-bond donors (Lipinski definition) is 2. The SMILES string of the molecule is NC(=O)CCC1CN(c2ccc(-c3cnc(N4CCNCC4)nc3)c(F)c2)C(=O)O1. The molecule has 0 aliphatic carbocycles. The maximum absolute atomic E-state index is 14.8. The van der Waals surface area contributed by atoms with Crippen molar-refractivity contribution in [3.63, 3.8) is 0 Å². The molecule has 10 heteroatoms. The number of benzene rings is 1. The molecule has 3 N–H and O–H groups in total. The third-order valence-corrected chi connectivity index (χ3v) is 5.20. The predicted molar refractivity (Wildman–Crippen MR) is 109 cm³/mol. The number of cyclic esters (lactones) is 1. The van der Waals surface area contributed by atoms with E-state index in [2.05, 4.69) is 20.2 Å². The largest absolute Gasteiger partial charge is 0.444 e. The van der Waals surface area contributed by atoms with Crippen LogP contribution < -0.4 is 20.9 Å². The van der Waals surface area contributed by atoms with Crippen LogP contribution in [0, 0.1) is 5.82 Å². The second-order valence-corrected chi connectivity index (χ2v) is 7.29. The maximum atomic E-state index is 14.8. The van der Waals surface area contributed by atoms with Crippen molar-refractivity contribution in [2.75, 3.05) is 42.5 Å². The molecular weight excluding hydrogens is 391 g/mol. The number of nitrogens with zero attached hydrogens (tertiary/aromatic N) is 4. The first-order valence-electron chi connectivity index (χ1n) is 9.85. The molecule has 1 aromatic heterocycles. The van der Waals surface area contributed by atoms with Crippen LogP contribution >= 0.6 is 0 Å². The lowest BCUT2D eigenvalue weighted by molar-refractivity contribution is -0.118. The highest BCUT2D eigenvalue weighted by Gasteiger charge is 2.32. The minimum atomic E-state index is -0.569. The topological polar surface area (TPSA) is 114 Å². The Balaban J connectivity index is 1.47. The fraction of sp³-hybridized carbons (Fsp3) is 0.400. The minimum Gasteiger partial charge on any atom is -0.444 e. The number of hydrogen-bond acceptors (Lipinski definition) is 7. The van der Waals surface area contributed by atoms with Crippen LogP contribution in [0.5, 0.6) is 0 Å². The number of piperazine rings is 1. The molecule has 0 saturated carbocycles. The van der Waals surface area contributed by atoms with Crippen LogP contribution in [0.3, 0.4) is 0 Å². The molecule has 0 radical (unpaired) electrons. The first-order chi connectivity index (χ1) is 14.5. The first-order valence-corrected chi connectivity index (χ1v) is 9.85. The van der Waals surface area contributed by atoms with Crippen LogP contribution in [0.1, 0.15) is 12.8 Å². The molecule has 4 rings (SSSR count). The minimum absolute atomic E-state index is 0.128. The van der Waals surface area contributed by atoms with E-state index in [9.17, 15) is 14.0 Å². The molecule has 2 amide bonds. The molecule has 2 saturated heterocycles. The van der Waals surface area contributed by atoms with Gasteiger partial charge in [-0.3, -0.25) is 9.69 Å². The lowest BCUT2D eigenvalue weighted by atomic mass is 10.1. The molecule has 3 heterocycles. The Kier molecular flexibility index (Phi) is 5.75. The quantitative estimate of drug-likeness (QED) is 0.732. The van der Waals surface area contributed by atoms with Crippen LogP contribution in [0.15, 0.2) is 30.6 Å². The van der Waals surface area contributed by atoms with Gasteiger partial charge in [0.2, 0.25) is 11.9 Å². The fourth-order valence-corrected chi connectivity index (χ4v) is 3.58. The van der Waals surface area contributed by atoms with Gasteiger partial charge in [0, 0.05) is 56.1 Å². The summed E-state index contributed by atoms with van der Waals surface area (Å²) in [5.74, 6) is -0.316. The van der Waals surface area contributed by atoms with E-state index in [-0.39, 0.29) is 13.0 Å². The summed E-state index contributed by atoms with van der Waals surface area (Å²) in [5.41, 5.74) is 6.43. The molecule has 1 atom stereocenters. The molecule has 158 valence electrons. The molecular formula is C20H23FN6O3. The van der Waals surface area contributed by atoms with E-state index in [1.807, 2.05) is 0 Å². The number of primary amides is 1. The number of nitrogens with two attached hydrogens (primary N) is 1. The van der Waals surface area contributed by atoms with Crippen molar-refractivity contribution < 1.29 is 18.7 Å². The van der Waals surface area contributed by atoms with Crippen molar-refractivity contribution in [2.24, 2.45) is 5.73 Å². The van der Waals surface area contributed by atoms with Crippen molar-refractivity contribution >= 4 is 23.6 Å². The van der Waals surface area contributed by atoms with Crippen molar-refractivity contribution in [1.82, 2.24) is 15.3 Å². The highest BCUT2D eigenvalue weighted by Crippen LogP contribution is 2.29. The van der Waals surface area contributed by atoms with Crippen LogP contribution in [0.25, 0.3) is 11.1 Å². The Morgan fingerprint density at radius 1 is 1.27 bits per heavy atom. The third-order valence-electron chi connectivity index (χ3n) is 5.20. The van der Waals surface area contributed by atoms with E-state index in [0.717, 1.165) is 26.2 Å². The molecule has 2 aliphatic rings. The number of rotatable bonds is 6. The molecule has 0 spiro atoms. The van der Waals surface area contributed by atoms with E-state index >= 15 is 0 Å². The Labute approximate surface area is 173 Å². The van der Waals surface area contributed by atoms with E-state index < -0.39 is 23.9 Å². The van der Waals surface area contributed by atoms with Gasteiger partial charge in [-0.05, 0) is 24.6 Å². The molecule has 2 aromatic rings. The standard InChI is InChI=1S/C20H23FN6O3/c21-17-9-14(27-12-15(30-20(27)29)2-4-18(22)28)1-3-16(17)13-10-24-19(25-11-13)26-7-5-23-6-8-26/h1,3,9-11,15,23H,2,4-8,12H2,(H2,22,28). The summed E-state index contributed by atoms with van der Waals surface area (Å²) in [6.45, 7) is 3.66. The average Bonchev–Trinajstić information content (AvgIpc) is 3.13. The second kappa shape index (κ2) is 8.62. The lowest BCUT2D eigenvalue weighted by Crippen LogP contribution is -2.44. The smallest absolute Gasteiger partial charge is 0.414 e. The molecule has 2 fully saturated rings. The number of halogens is 1. The summed E-state index contributed by atoms with van der Waals surface area (Å²) in [4.78, 5) is 35.2. The van der Waals surface area contributed by atoms with Crippen molar-refractivity contribution in [1.29, 1.82) is 0 Å². The highest BCUT2D eigenvalue weighted by molar-refractivity contribution is 5.90. The molecule has 1 aromatic carbocycles. The average molecular weight is 414 g/mol. The zero-order valence-electron chi connectivity index (χ0n) is 16.4. The van der Waals surface area contributed by atoms with Crippen LogP contribution in [0.4, 0.5) is 20.8 Å². The fourth-order valence-electron chi connectivity index (χ4n) is 3.58. The van der Waals surface area contributed by atoms with Gasteiger partial charge < -0.3 is 20.7 Å². The van der Waals surface area contributed by atoms with Crippen LogP contribution in [0.2, 0.25) is 0 Å². The number of carbonyl (C=O) groups is 2. The summed E-state index contributed by atoms with van der Waals surface area (Å²) < 4.78 is 20.0. The van der Waals surface area contributed by atoms with Crippen LogP contribution in [-0.4, -0.2) is 60.8 Å². The number of anilines is 2. The van der Waals surface area contributed by atoms with Gasteiger partial charge in [-0.1, -0.05) is 0 Å². The number of ether oxygens (including phenoxy) is 1. The summed E-state index contributed by atoms with van der Waals surface area (Å²) in [6, 6.07) is 4.54. The first kappa shape index (κ1) is 20.0. The zero-order valence-corrected chi connectivity index (χ0v) is 16.4.